The van der Waals surface area contributed by atoms with Crippen LogP contribution < -0.4 is 4.74 Å². The Hall–Kier alpha value is -1.39. The van der Waals surface area contributed by atoms with E-state index in [0.29, 0.717) is 18.6 Å². The quantitative estimate of drug-likeness (QED) is 0.902. The van der Waals surface area contributed by atoms with Crippen molar-refractivity contribution >= 4 is 15.9 Å². The zero-order chi connectivity index (χ0) is 15.0. The van der Waals surface area contributed by atoms with E-state index in [4.69, 9.17) is 4.74 Å². The number of aliphatic hydroxyl groups excluding tert-OH is 1. The molecule has 0 fully saturated rings. The first-order valence-electron chi connectivity index (χ1n) is 6.93. The van der Waals surface area contributed by atoms with Gasteiger partial charge < -0.3 is 9.84 Å². The molecule has 1 aliphatic rings. The molecule has 2 nitrogen and oxygen atoms in total. The summed E-state index contributed by atoms with van der Waals surface area (Å²) in [6.45, 7) is 2.49. The highest BCUT2D eigenvalue weighted by Crippen LogP contribution is 2.35. The molecule has 1 aliphatic heterocycles. The van der Waals surface area contributed by atoms with Gasteiger partial charge in [0.25, 0.3) is 0 Å². The fraction of sp³-hybridized carbons (Fsp3) is 0.294. The zero-order valence-electron chi connectivity index (χ0n) is 11.7. The maximum atomic E-state index is 14.0. The highest BCUT2D eigenvalue weighted by molar-refractivity contribution is 9.10. The summed E-state index contributed by atoms with van der Waals surface area (Å²) >= 11 is 3.47. The molecule has 0 spiro atoms. The van der Waals surface area contributed by atoms with Gasteiger partial charge in [-0.25, -0.2) is 4.39 Å². The van der Waals surface area contributed by atoms with Gasteiger partial charge in [0.05, 0.1) is 12.7 Å². The largest absolute Gasteiger partial charge is 0.493 e. The molecule has 4 heteroatoms. The van der Waals surface area contributed by atoms with Crippen molar-refractivity contribution in [2.45, 2.75) is 25.9 Å². The maximum absolute atomic E-state index is 14.0. The van der Waals surface area contributed by atoms with Crippen LogP contribution in [0.15, 0.2) is 34.8 Å². The molecule has 0 bridgehead atoms. The minimum Gasteiger partial charge on any atom is -0.493 e. The summed E-state index contributed by atoms with van der Waals surface area (Å²) in [5.74, 6) is 0.472. The molecule has 0 amide bonds. The van der Waals surface area contributed by atoms with Crippen LogP contribution in [-0.4, -0.2) is 11.7 Å². The van der Waals surface area contributed by atoms with Gasteiger partial charge in [0.1, 0.15) is 11.6 Å². The van der Waals surface area contributed by atoms with Crippen molar-refractivity contribution in [2.75, 3.05) is 6.61 Å². The molecule has 3 rings (SSSR count). The van der Waals surface area contributed by atoms with Crippen molar-refractivity contribution in [1.29, 1.82) is 0 Å². The molecule has 0 aromatic heterocycles. The van der Waals surface area contributed by atoms with E-state index in [2.05, 4.69) is 15.9 Å². The second-order valence-electron chi connectivity index (χ2n) is 5.40. The van der Waals surface area contributed by atoms with Gasteiger partial charge in [0.15, 0.2) is 0 Å². The molecule has 0 radical (unpaired) electrons. The third kappa shape index (κ3) is 2.97. The van der Waals surface area contributed by atoms with Crippen molar-refractivity contribution in [3.8, 4) is 5.75 Å². The smallest absolute Gasteiger partial charge is 0.129 e. The van der Waals surface area contributed by atoms with Crippen LogP contribution in [0, 0.1) is 12.7 Å². The number of aliphatic hydroxyl groups is 1. The number of rotatable bonds is 3. The molecule has 21 heavy (non-hydrogen) atoms. The molecule has 0 saturated heterocycles. The molecule has 2 aromatic rings. The van der Waals surface area contributed by atoms with Gasteiger partial charge in [-0.3, -0.25) is 0 Å². The lowest BCUT2D eigenvalue weighted by atomic mass is 9.98. The van der Waals surface area contributed by atoms with Crippen molar-refractivity contribution in [3.05, 3.63) is 62.9 Å². The lowest BCUT2D eigenvalue weighted by Crippen LogP contribution is -2.06. The van der Waals surface area contributed by atoms with E-state index in [1.54, 1.807) is 6.07 Å². The number of hydrogen-bond donors (Lipinski definition) is 1. The van der Waals surface area contributed by atoms with E-state index < -0.39 is 6.10 Å². The van der Waals surface area contributed by atoms with E-state index in [9.17, 15) is 9.50 Å². The number of benzene rings is 2. The fourth-order valence-corrected chi connectivity index (χ4v) is 3.27. The Balaban J connectivity index is 1.90. The molecule has 1 N–H and O–H groups in total. The lowest BCUT2D eigenvalue weighted by Gasteiger charge is -2.15. The van der Waals surface area contributed by atoms with Crippen LogP contribution in [-0.2, 0) is 12.8 Å². The van der Waals surface area contributed by atoms with Crippen molar-refractivity contribution in [1.82, 2.24) is 0 Å². The van der Waals surface area contributed by atoms with Crippen LogP contribution in [0.5, 0.6) is 5.75 Å². The topological polar surface area (TPSA) is 29.5 Å². The highest BCUT2D eigenvalue weighted by atomic mass is 79.9. The minimum atomic E-state index is -0.881. The summed E-state index contributed by atoms with van der Waals surface area (Å²) in [7, 11) is 0. The first-order chi connectivity index (χ1) is 10.0. The number of hydrogen-bond acceptors (Lipinski definition) is 2. The molecule has 110 valence electrons. The monoisotopic (exact) mass is 350 g/mol. The van der Waals surface area contributed by atoms with Crippen molar-refractivity contribution < 1.29 is 14.2 Å². The third-order valence-corrected chi connectivity index (χ3v) is 4.21. The average Bonchev–Trinajstić information content (AvgIpc) is 2.86. The minimum absolute atomic E-state index is 0.326. The standard InChI is InChI=1S/C17H16BrFO2/c1-10-2-3-14(15(19)6-10)16(20)9-12-8-13(18)7-11-4-5-21-17(11)12/h2-3,6-8,16,20H,4-5,9H2,1H3. The number of ether oxygens (including phenoxy) is 1. The Bertz CT molecular complexity index is 685. The van der Waals surface area contributed by atoms with E-state index in [-0.39, 0.29) is 5.82 Å². The van der Waals surface area contributed by atoms with Crippen LogP contribution >= 0.6 is 15.9 Å². The van der Waals surface area contributed by atoms with Crippen LogP contribution in [0.1, 0.15) is 28.4 Å². The fourth-order valence-electron chi connectivity index (χ4n) is 2.72. The normalized spacial score (nSPS) is 14.7. The van der Waals surface area contributed by atoms with Crippen LogP contribution in [0.2, 0.25) is 0 Å². The van der Waals surface area contributed by atoms with Gasteiger partial charge in [-0.1, -0.05) is 28.1 Å². The molecule has 0 aliphatic carbocycles. The third-order valence-electron chi connectivity index (χ3n) is 3.75. The SMILES string of the molecule is Cc1ccc(C(O)Cc2cc(Br)cc3c2OCC3)c(F)c1. The van der Waals surface area contributed by atoms with E-state index in [1.807, 2.05) is 25.1 Å². The Morgan fingerprint density at radius 3 is 2.90 bits per heavy atom. The maximum Gasteiger partial charge on any atom is 0.129 e. The summed E-state index contributed by atoms with van der Waals surface area (Å²) < 4.78 is 20.6. The molecular formula is C17H16BrFO2. The first-order valence-corrected chi connectivity index (χ1v) is 7.72. The van der Waals surface area contributed by atoms with Crippen molar-refractivity contribution in [2.24, 2.45) is 0 Å². The molecule has 0 saturated carbocycles. The van der Waals surface area contributed by atoms with Gasteiger partial charge in [-0.05, 0) is 41.8 Å². The Morgan fingerprint density at radius 1 is 1.33 bits per heavy atom. The van der Waals surface area contributed by atoms with Gasteiger partial charge in [0.2, 0.25) is 0 Å². The van der Waals surface area contributed by atoms with E-state index in [1.165, 1.54) is 6.07 Å². The Kier molecular flexibility index (Phi) is 4.00. The average molecular weight is 351 g/mol. The summed E-state index contributed by atoms with van der Waals surface area (Å²) in [4.78, 5) is 0. The summed E-state index contributed by atoms with van der Waals surface area (Å²) in [5.41, 5.74) is 3.21. The van der Waals surface area contributed by atoms with Gasteiger partial charge in [0, 0.05) is 22.9 Å². The number of halogens is 2. The van der Waals surface area contributed by atoms with E-state index in [0.717, 1.165) is 33.3 Å². The Labute approximate surface area is 131 Å². The Morgan fingerprint density at radius 2 is 2.14 bits per heavy atom. The van der Waals surface area contributed by atoms with Crippen LogP contribution in [0.25, 0.3) is 0 Å². The predicted octanol–water partition coefficient (Wildman–Crippen LogP) is 4.11. The first kappa shape index (κ1) is 14.5. The second-order valence-corrected chi connectivity index (χ2v) is 6.31. The predicted molar refractivity (Wildman–Crippen MR) is 83.1 cm³/mol. The highest BCUT2D eigenvalue weighted by Gasteiger charge is 2.21. The van der Waals surface area contributed by atoms with Crippen LogP contribution in [0.3, 0.4) is 0 Å². The molecule has 1 atom stereocenters. The molecule has 1 unspecified atom stereocenters. The summed E-state index contributed by atoms with van der Waals surface area (Å²) in [5, 5.41) is 10.4. The molecule has 2 aromatic carbocycles. The lowest BCUT2D eigenvalue weighted by molar-refractivity contribution is 0.172. The number of fused-ring (bicyclic) bond motifs is 1. The number of aryl methyl sites for hydroxylation is 1. The van der Waals surface area contributed by atoms with Gasteiger partial charge in [-0.2, -0.15) is 0 Å². The molecule has 1 heterocycles. The van der Waals surface area contributed by atoms with Crippen molar-refractivity contribution in [3.63, 3.8) is 0 Å². The van der Waals surface area contributed by atoms with Crippen LogP contribution in [0.4, 0.5) is 4.39 Å². The summed E-state index contributed by atoms with van der Waals surface area (Å²) in [6, 6.07) is 8.86. The summed E-state index contributed by atoms with van der Waals surface area (Å²) in [6.07, 6.45) is 0.326. The zero-order valence-corrected chi connectivity index (χ0v) is 13.3. The van der Waals surface area contributed by atoms with E-state index >= 15 is 0 Å². The molecular weight excluding hydrogens is 335 g/mol. The van der Waals surface area contributed by atoms with Gasteiger partial charge >= 0.3 is 0 Å². The van der Waals surface area contributed by atoms with Gasteiger partial charge in [-0.15, -0.1) is 0 Å². The second kappa shape index (κ2) is 5.78.